The first-order valence-corrected chi connectivity index (χ1v) is 9.63. The fourth-order valence-corrected chi connectivity index (χ4v) is 3.55. The Morgan fingerprint density at radius 3 is 2.48 bits per heavy atom. The summed E-state index contributed by atoms with van der Waals surface area (Å²) in [6.45, 7) is 3.77. The average Bonchev–Trinajstić information content (AvgIpc) is 2.71. The Morgan fingerprint density at radius 1 is 1.15 bits per heavy atom. The highest BCUT2D eigenvalue weighted by atomic mass is 35.5. The van der Waals surface area contributed by atoms with E-state index in [9.17, 15) is 4.79 Å². The topological polar surface area (TPSA) is 52.0 Å². The summed E-state index contributed by atoms with van der Waals surface area (Å²) in [7, 11) is 1.65. The zero-order valence-corrected chi connectivity index (χ0v) is 16.6. The average molecular weight is 410 g/mol. The van der Waals surface area contributed by atoms with Crippen LogP contribution in [-0.4, -0.2) is 45.9 Å². The van der Waals surface area contributed by atoms with Gasteiger partial charge in [-0.15, -0.1) is 0 Å². The first kappa shape index (κ1) is 20.0. The van der Waals surface area contributed by atoms with Crippen LogP contribution in [-0.2, 0) is 4.74 Å². The van der Waals surface area contributed by atoms with Gasteiger partial charge in [0.1, 0.15) is 24.9 Å². The summed E-state index contributed by atoms with van der Waals surface area (Å²) < 4.78 is 10.7. The molecule has 0 spiro atoms. The lowest BCUT2D eigenvalue weighted by atomic mass is 10.0. The molecule has 0 unspecified atom stereocenters. The summed E-state index contributed by atoms with van der Waals surface area (Å²) in [4.78, 5) is 14.0. The number of nitrogens with one attached hydrogen (secondary N) is 2. The van der Waals surface area contributed by atoms with Crippen LogP contribution in [0.3, 0.4) is 0 Å². The van der Waals surface area contributed by atoms with Gasteiger partial charge in [0.15, 0.2) is 0 Å². The van der Waals surface area contributed by atoms with Gasteiger partial charge in [-0.3, -0.25) is 4.79 Å². The third-order valence-corrected chi connectivity index (χ3v) is 5.53. The molecular weight excluding hydrogens is 387 g/mol. The standard InChI is InChI=1S/C20H22Cl2N2O3/c1-26-16-5-2-14(3-6-16)19(24-8-10-27-11-9-24)13-23-20(25)15-4-7-17(21)18(22)12-15/h2-7,12,19H,8-11,13H2,1H3,(H,23,25)/p+1/t19-/m1/s1. The summed E-state index contributed by atoms with van der Waals surface area (Å²) in [5.74, 6) is 0.647. The van der Waals surface area contributed by atoms with E-state index in [1.54, 1.807) is 25.3 Å². The van der Waals surface area contributed by atoms with E-state index in [0.29, 0.717) is 22.2 Å². The summed E-state index contributed by atoms with van der Waals surface area (Å²) in [5, 5.41) is 3.84. The second-order valence-electron chi connectivity index (χ2n) is 6.44. The third kappa shape index (κ3) is 5.14. The number of carbonyl (C=O) groups excluding carboxylic acids is 1. The van der Waals surface area contributed by atoms with Gasteiger partial charge >= 0.3 is 0 Å². The molecule has 1 saturated heterocycles. The Labute approximate surface area is 169 Å². The minimum Gasteiger partial charge on any atom is -0.497 e. The fraction of sp³-hybridized carbons (Fsp3) is 0.350. The summed E-state index contributed by atoms with van der Waals surface area (Å²) in [5.41, 5.74) is 1.65. The van der Waals surface area contributed by atoms with Crippen molar-refractivity contribution in [2.75, 3.05) is 40.0 Å². The molecule has 1 amide bonds. The molecule has 0 saturated carbocycles. The molecule has 2 aromatic carbocycles. The van der Waals surface area contributed by atoms with Crippen LogP contribution < -0.4 is 15.0 Å². The molecule has 2 aromatic rings. The normalized spacial score (nSPS) is 16.0. The van der Waals surface area contributed by atoms with Crippen molar-refractivity contribution < 1.29 is 19.2 Å². The second-order valence-corrected chi connectivity index (χ2v) is 7.25. The molecule has 1 fully saturated rings. The molecule has 5 nitrogen and oxygen atoms in total. The number of carbonyl (C=O) groups is 1. The van der Waals surface area contributed by atoms with Crippen molar-refractivity contribution in [1.29, 1.82) is 0 Å². The van der Waals surface area contributed by atoms with Crippen LogP contribution in [0.5, 0.6) is 5.75 Å². The number of methoxy groups -OCH3 is 1. The SMILES string of the molecule is COc1ccc([C@@H](CNC(=O)c2ccc(Cl)c(Cl)c2)[NH+]2CCOCC2)cc1. The maximum Gasteiger partial charge on any atom is 0.251 e. The monoisotopic (exact) mass is 409 g/mol. The molecule has 27 heavy (non-hydrogen) atoms. The van der Waals surface area contributed by atoms with Crippen LogP contribution in [0, 0.1) is 0 Å². The number of morpholine rings is 1. The molecule has 0 aliphatic carbocycles. The predicted octanol–water partition coefficient (Wildman–Crippen LogP) is 2.39. The lowest BCUT2D eigenvalue weighted by Gasteiger charge is -2.32. The van der Waals surface area contributed by atoms with Crippen LogP contribution in [0.25, 0.3) is 0 Å². The number of halogens is 2. The first-order valence-electron chi connectivity index (χ1n) is 8.88. The van der Waals surface area contributed by atoms with E-state index in [2.05, 4.69) is 17.4 Å². The van der Waals surface area contributed by atoms with E-state index in [4.69, 9.17) is 32.7 Å². The second kappa shape index (κ2) is 9.42. The van der Waals surface area contributed by atoms with Crippen molar-refractivity contribution in [3.8, 4) is 5.75 Å². The van der Waals surface area contributed by atoms with Gasteiger partial charge in [0.05, 0.1) is 36.9 Å². The maximum atomic E-state index is 12.6. The van der Waals surface area contributed by atoms with Crippen LogP contribution in [0.2, 0.25) is 10.0 Å². The van der Waals surface area contributed by atoms with Gasteiger partial charge in [-0.2, -0.15) is 0 Å². The molecule has 1 aliphatic heterocycles. The number of hydrogen-bond acceptors (Lipinski definition) is 3. The Balaban J connectivity index is 1.73. The lowest BCUT2D eigenvalue weighted by molar-refractivity contribution is -0.937. The molecular formula is C20H23Cl2N2O3+. The molecule has 7 heteroatoms. The number of hydrogen-bond donors (Lipinski definition) is 2. The third-order valence-electron chi connectivity index (χ3n) is 4.79. The largest absolute Gasteiger partial charge is 0.497 e. The molecule has 1 heterocycles. The predicted molar refractivity (Wildman–Crippen MR) is 106 cm³/mol. The molecule has 0 aromatic heterocycles. The van der Waals surface area contributed by atoms with Gasteiger partial charge in [0, 0.05) is 11.1 Å². The Bertz CT molecular complexity index is 777. The van der Waals surface area contributed by atoms with Crippen LogP contribution in [0.1, 0.15) is 22.0 Å². The zero-order chi connectivity index (χ0) is 19.2. The number of benzene rings is 2. The molecule has 0 bridgehead atoms. The van der Waals surface area contributed by atoms with E-state index >= 15 is 0 Å². The Hall–Kier alpha value is -1.79. The van der Waals surface area contributed by atoms with E-state index in [-0.39, 0.29) is 11.9 Å². The number of quaternary nitrogens is 1. The highest BCUT2D eigenvalue weighted by Crippen LogP contribution is 2.22. The van der Waals surface area contributed by atoms with Gasteiger partial charge in [-0.25, -0.2) is 0 Å². The maximum absolute atomic E-state index is 12.6. The lowest BCUT2D eigenvalue weighted by Crippen LogP contribution is -3.15. The van der Waals surface area contributed by atoms with Gasteiger partial charge in [-0.1, -0.05) is 23.2 Å². The Kier molecular flexibility index (Phi) is 6.96. The van der Waals surface area contributed by atoms with Crippen LogP contribution >= 0.6 is 23.2 Å². The van der Waals surface area contributed by atoms with Crippen molar-refractivity contribution in [2.24, 2.45) is 0 Å². The highest BCUT2D eigenvalue weighted by Gasteiger charge is 2.27. The molecule has 0 radical (unpaired) electrons. The zero-order valence-electron chi connectivity index (χ0n) is 15.1. The molecule has 2 N–H and O–H groups in total. The molecule has 3 rings (SSSR count). The van der Waals surface area contributed by atoms with E-state index in [1.165, 1.54) is 4.90 Å². The van der Waals surface area contributed by atoms with E-state index in [1.807, 2.05) is 12.1 Å². The number of rotatable bonds is 6. The summed E-state index contributed by atoms with van der Waals surface area (Å²) >= 11 is 12.0. The van der Waals surface area contributed by atoms with Crippen molar-refractivity contribution in [3.63, 3.8) is 0 Å². The summed E-state index contributed by atoms with van der Waals surface area (Å²) in [6, 6.07) is 13.0. The van der Waals surface area contributed by atoms with Gasteiger partial charge in [0.2, 0.25) is 0 Å². The van der Waals surface area contributed by atoms with Crippen LogP contribution in [0.15, 0.2) is 42.5 Å². The van der Waals surface area contributed by atoms with Crippen molar-refractivity contribution in [2.45, 2.75) is 6.04 Å². The first-order chi connectivity index (χ1) is 13.1. The van der Waals surface area contributed by atoms with Crippen molar-refractivity contribution >= 4 is 29.1 Å². The van der Waals surface area contributed by atoms with E-state index in [0.717, 1.165) is 37.6 Å². The van der Waals surface area contributed by atoms with Crippen molar-refractivity contribution in [1.82, 2.24) is 5.32 Å². The Morgan fingerprint density at radius 2 is 1.85 bits per heavy atom. The van der Waals surface area contributed by atoms with Crippen molar-refractivity contribution in [3.05, 3.63) is 63.6 Å². The number of ether oxygens (including phenoxy) is 2. The summed E-state index contributed by atoms with van der Waals surface area (Å²) in [6.07, 6.45) is 0. The van der Waals surface area contributed by atoms with E-state index < -0.39 is 0 Å². The minimum absolute atomic E-state index is 0.131. The highest BCUT2D eigenvalue weighted by molar-refractivity contribution is 6.42. The smallest absolute Gasteiger partial charge is 0.251 e. The fourth-order valence-electron chi connectivity index (χ4n) is 3.25. The minimum atomic E-state index is -0.167. The number of amides is 1. The quantitative estimate of drug-likeness (QED) is 0.769. The van der Waals surface area contributed by atoms with Crippen LogP contribution in [0.4, 0.5) is 0 Å². The van der Waals surface area contributed by atoms with Gasteiger partial charge in [-0.05, 0) is 42.5 Å². The van der Waals surface area contributed by atoms with Gasteiger partial charge in [0.25, 0.3) is 5.91 Å². The van der Waals surface area contributed by atoms with Gasteiger partial charge < -0.3 is 19.7 Å². The molecule has 144 valence electrons. The molecule has 1 atom stereocenters. The molecule has 1 aliphatic rings.